The summed E-state index contributed by atoms with van der Waals surface area (Å²) < 4.78 is 0. The molecule has 2 aromatic rings. The SMILES string of the molecule is O=C([C@H]1CCCN(Cc2cnc3cc(O)ccc3c2)C1)N1CCCC1. The van der Waals surface area contributed by atoms with Crippen molar-refractivity contribution in [3.05, 3.63) is 36.0 Å². The summed E-state index contributed by atoms with van der Waals surface area (Å²) in [5.74, 6) is 0.749. The lowest BCUT2D eigenvalue weighted by Gasteiger charge is -2.33. The minimum absolute atomic E-state index is 0.150. The average Bonchev–Trinajstić information content (AvgIpc) is 3.16. The number of fused-ring (bicyclic) bond motifs is 1. The monoisotopic (exact) mass is 339 g/mol. The number of carbonyl (C=O) groups excluding carboxylic acids is 1. The van der Waals surface area contributed by atoms with Gasteiger partial charge in [0.2, 0.25) is 5.91 Å². The fourth-order valence-electron chi connectivity index (χ4n) is 4.10. The first-order chi connectivity index (χ1) is 12.2. The van der Waals surface area contributed by atoms with Crippen LogP contribution in [0.4, 0.5) is 0 Å². The van der Waals surface area contributed by atoms with E-state index in [1.165, 1.54) is 0 Å². The Morgan fingerprint density at radius 1 is 1.16 bits per heavy atom. The molecule has 0 bridgehead atoms. The van der Waals surface area contributed by atoms with E-state index in [1.807, 2.05) is 12.3 Å². The molecular formula is C20H25N3O2. The first-order valence-electron chi connectivity index (χ1n) is 9.28. The highest BCUT2D eigenvalue weighted by Gasteiger charge is 2.30. The van der Waals surface area contributed by atoms with Crippen molar-refractivity contribution in [1.29, 1.82) is 0 Å². The Morgan fingerprint density at radius 3 is 2.84 bits per heavy atom. The predicted molar refractivity (Wildman–Crippen MR) is 97.2 cm³/mol. The van der Waals surface area contributed by atoms with Gasteiger partial charge in [0.05, 0.1) is 11.4 Å². The highest BCUT2D eigenvalue weighted by Crippen LogP contribution is 2.24. The molecule has 5 heteroatoms. The van der Waals surface area contributed by atoms with Gasteiger partial charge in [-0.05, 0) is 56.0 Å². The fraction of sp³-hybridized carbons (Fsp3) is 0.500. The van der Waals surface area contributed by atoms with Gasteiger partial charge in [0.15, 0.2) is 0 Å². The number of nitrogens with zero attached hydrogens (tertiary/aromatic N) is 3. The van der Waals surface area contributed by atoms with Crippen LogP contribution in [0.1, 0.15) is 31.2 Å². The molecule has 1 aromatic carbocycles. The normalized spacial score (nSPS) is 21.8. The van der Waals surface area contributed by atoms with E-state index in [4.69, 9.17) is 0 Å². The van der Waals surface area contributed by atoms with E-state index in [9.17, 15) is 9.90 Å². The first-order valence-corrected chi connectivity index (χ1v) is 9.28. The van der Waals surface area contributed by atoms with Crippen molar-refractivity contribution in [3.8, 4) is 5.75 Å². The molecule has 3 heterocycles. The average molecular weight is 339 g/mol. The van der Waals surface area contributed by atoms with Crippen molar-refractivity contribution in [2.24, 2.45) is 5.92 Å². The Morgan fingerprint density at radius 2 is 2.00 bits per heavy atom. The molecule has 0 saturated carbocycles. The number of pyridine rings is 1. The van der Waals surface area contributed by atoms with E-state index in [0.717, 1.165) is 74.9 Å². The van der Waals surface area contributed by atoms with Crippen molar-refractivity contribution in [1.82, 2.24) is 14.8 Å². The molecule has 2 aliphatic rings. The number of hydrogen-bond donors (Lipinski definition) is 1. The molecule has 4 rings (SSSR count). The molecule has 1 N–H and O–H groups in total. The number of carbonyl (C=O) groups is 1. The number of aromatic hydroxyl groups is 1. The molecular weight excluding hydrogens is 314 g/mol. The minimum Gasteiger partial charge on any atom is -0.508 e. The summed E-state index contributed by atoms with van der Waals surface area (Å²) in [6, 6.07) is 7.41. The Balaban J connectivity index is 1.43. The second-order valence-corrected chi connectivity index (χ2v) is 7.33. The molecule has 1 aromatic heterocycles. The summed E-state index contributed by atoms with van der Waals surface area (Å²) in [6.07, 6.45) is 6.29. The number of aromatic nitrogens is 1. The van der Waals surface area contributed by atoms with Crippen molar-refractivity contribution < 1.29 is 9.90 Å². The van der Waals surface area contributed by atoms with Gasteiger partial charge in [0, 0.05) is 43.8 Å². The van der Waals surface area contributed by atoms with Crippen LogP contribution in [-0.4, -0.2) is 52.0 Å². The number of phenols is 1. The summed E-state index contributed by atoms with van der Waals surface area (Å²) in [4.78, 5) is 21.6. The van der Waals surface area contributed by atoms with Crippen LogP contribution in [0.25, 0.3) is 10.9 Å². The molecule has 1 atom stereocenters. The van der Waals surface area contributed by atoms with Gasteiger partial charge in [-0.3, -0.25) is 14.7 Å². The second kappa shape index (κ2) is 7.00. The second-order valence-electron chi connectivity index (χ2n) is 7.33. The lowest BCUT2D eigenvalue weighted by atomic mass is 9.96. The highest BCUT2D eigenvalue weighted by atomic mass is 16.3. The molecule has 2 fully saturated rings. The molecule has 0 spiro atoms. The zero-order chi connectivity index (χ0) is 17.2. The van der Waals surface area contributed by atoms with Gasteiger partial charge in [0.1, 0.15) is 5.75 Å². The minimum atomic E-state index is 0.150. The Hall–Kier alpha value is -2.14. The third kappa shape index (κ3) is 3.61. The van der Waals surface area contributed by atoms with E-state index in [-0.39, 0.29) is 11.7 Å². The van der Waals surface area contributed by atoms with Crippen molar-refractivity contribution in [2.45, 2.75) is 32.2 Å². The van der Waals surface area contributed by atoms with Gasteiger partial charge in [0.25, 0.3) is 0 Å². The maximum atomic E-state index is 12.7. The molecule has 5 nitrogen and oxygen atoms in total. The molecule has 2 aliphatic heterocycles. The van der Waals surface area contributed by atoms with Crippen LogP contribution in [0.2, 0.25) is 0 Å². The number of hydrogen-bond acceptors (Lipinski definition) is 4. The standard InChI is InChI=1S/C20H25N3O2/c24-18-6-5-16-10-15(12-21-19(16)11-18)13-22-7-3-4-17(14-22)20(25)23-8-1-2-9-23/h5-6,10-12,17,24H,1-4,7-9,13-14H2/t17-/m0/s1. The number of rotatable bonds is 3. The van der Waals surface area contributed by atoms with Gasteiger partial charge >= 0.3 is 0 Å². The molecule has 0 aliphatic carbocycles. The lowest BCUT2D eigenvalue weighted by Crippen LogP contribution is -2.43. The van der Waals surface area contributed by atoms with Crippen LogP contribution in [-0.2, 0) is 11.3 Å². The van der Waals surface area contributed by atoms with Crippen molar-refractivity contribution in [3.63, 3.8) is 0 Å². The maximum absolute atomic E-state index is 12.7. The van der Waals surface area contributed by atoms with E-state index in [0.29, 0.717) is 5.91 Å². The first kappa shape index (κ1) is 16.3. The zero-order valence-electron chi connectivity index (χ0n) is 14.5. The topological polar surface area (TPSA) is 56.7 Å². The van der Waals surface area contributed by atoms with Gasteiger partial charge in [-0.1, -0.05) is 0 Å². The number of piperidine rings is 1. The third-order valence-electron chi connectivity index (χ3n) is 5.40. The van der Waals surface area contributed by atoms with Crippen molar-refractivity contribution in [2.75, 3.05) is 26.2 Å². The van der Waals surface area contributed by atoms with Gasteiger partial charge in [-0.15, -0.1) is 0 Å². The number of phenolic OH excluding ortho intramolecular Hbond substituents is 1. The van der Waals surface area contributed by atoms with Crippen LogP contribution in [0.3, 0.4) is 0 Å². The van der Waals surface area contributed by atoms with Crippen LogP contribution in [0.15, 0.2) is 30.5 Å². The number of benzene rings is 1. The molecule has 132 valence electrons. The van der Waals surface area contributed by atoms with Crippen LogP contribution in [0.5, 0.6) is 5.75 Å². The number of likely N-dealkylation sites (tertiary alicyclic amines) is 2. The van der Waals surface area contributed by atoms with Gasteiger partial charge in [-0.2, -0.15) is 0 Å². The molecule has 1 amide bonds. The molecule has 25 heavy (non-hydrogen) atoms. The summed E-state index contributed by atoms with van der Waals surface area (Å²) in [5.41, 5.74) is 1.97. The van der Waals surface area contributed by atoms with Crippen LogP contribution < -0.4 is 0 Å². The molecule has 0 unspecified atom stereocenters. The van der Waals surface area contributed by atoms with Crippen molar-refractivity contribution >= 4 is 16.8 Å². The smallest absolute Gasteiger partial charge is 0.226 e. The summed E-state index contributed by atoms with van der Waals surface area (Å²) >= 11 is 0. The lowest BCUT2D eigenvalue weighted by molar-refractivity contribution is -0.136. The Bertz CT molecular complexity index is 771. The van der Waals surface area contributed by atoms with Crippen LogP contribution in [0, 0.1) is 5.92 Å². The van der Waals surface area contributed by atoms with Gasteiger partial charge < -0.3 is 10.0 Å². The summed E-state index contributed by atoms with van der Waals surface area (Å²) in [7, 11) is 0. The van der Waals surface area contributed by atoms with Gasteiger partial charge in [-0.25, -0.2) is 0 Å². The zero-order valence-corrected chi connectivity index (χ0v) is 14.5. The van der Waals surface area contributed by atoms with E-state index in [2.05, 4.69) is 20.9 Å². The number of amides is 1. The largest absolute Gasteiger partial charge is 0.508 e. The fourth-order valence-corrected chi connectivity index (χ4v) is 4.10. The van der Waals surface area contributed by atoms with E-state index >= 15 is 0 Å². The summed E-state index contributed by atoms with van der Waals surface area (Å²) in [5, 5.41) is 10.6. The van der Waals surface area contributed by atoms with E-state index in [1.54, 1.807) is 12.1 Å². The predicted octanol–water partition coefficient (Wildman–Crippen LogP) is 2.77. The van der Waals surface area contributed by atoms with Crippen LogP contribution >= 0.6 is 0 Å². The third-order valence-corrected chi connectivity index (χ3v) is 5.40. The Kier molecular flexibility index (Phi) is 4.57. The van der Waals surface area contributed by atoms with E-state index < -0.39 is 0 Å². The summed E-state index contributed by atoms with van der Waals surface area (Å²) in [6.45, 7) is 4.60. The molecule has 0 radical (unpaired) electrons. The molecule has 2 saturated heterocycles. The maximum Gasteiger partial charge on any atom is 0.226 e. The highest BCUT2D eigenvalue weighted by molar-refractivity contribution is 5.80. The Labute approximate surface area is 148 Å². The quantitative estimate of drug-likeness (QED) is 0.934.